The van der Waals surface area contributed by atoms with E-state index in [9.17, 15) is 0 Å². The molecule has 0 spiro atoms. The van der Waals surface area contributed by atoms with Crippen LogP contribution in [0, 0.1) is 6.92 Å². The van der Waals surface area contributed by atoms with Crippen LogP contribution in [0.5, 0.6) is 0 Å². The van der Waals surface area contributed by atoms with Crippen LogP contribution in [0.2, 0.25) is 0 Å². The summed E-state index contributed by atoms with van der Waals surface area (Å²) in [4.78, 5) is 4.17. The first-order chi connectivity index (χ1) is 4.24. The summed E-state index contributed by atoms with van der Waals surface area (Å²) in [6.45, 7) is 2.48. The minimum Gasteiger partial charge on any atom is -0.337 e. The van der Waals surface area contributed by atoms with E-state index >= 15 is 0 Å². The molecule has 0 amide bonds. The summed E-state index contributed by atoms with van der Waals surface area (Å²) in [5, 5.41) is 0. The van der Waals surface area contributed by atoms with Gasteiger partial charge in [0, 0.05) is 13.2 Å². The van der Waals surface area contributed by atoms with Crippen LogP contribution in [0.25, 0.3) is 0 Å². The van der Waals surface area contributed by atoms with Crippen molar-refractivity contribution in [2.45, 2.75) is 13.5 Å². The van der Waals surface area contributed by atoms with E-state index in [1.807, 2.05) is 24.7 Å². The van der Waals surface area contributed by atoms with Crippen molar-refractivity contribution in [3.05, 3.63) is 17.7 Å². The molecule has 0 aliphatic carbocycles. The van der Waals surface area contributed by atoms with Crippen LogP contribution in [0.4, 0.5) is 0 Å². The Balaban J connectivity index is 3.01. The number of imidazole rings is 1. The maximum Gasteiger partial charge on any atom is 0.122 e. The summed E-state index contributed by atoms with van der Waals surface area (Å²) in [7, 11) is 1.95. The highest BCUT2D eigenvalue weighted by atomic mass is 15.1. The molecule has 1 rings (SSSR count). The van der Waals surface area contributed by atoms with Crippen molar-refractivity contribution < 1.29 is 0 Å². The molecule has 3 nitrogen and oxygen atoms in total. The highest BCUT2D eigenvalue weighted by molar-refractivity contribution is 5.00. The Kier molecular flexibility index (Phi) is 1.53. The van der Waals surface area contributed by atoms with E-state index in [4.69, 9.17) is 5.73 Å². The third-order valence-corrected chi connectivity index (χ3v) is 1.28. The van der Waals surface area contributed by atoms with Crippen molar-refractivity contribution >= 4 is 0 Å². The standard InChI is InChI=1S/C6H11N3/c1-5-4-9(2)6(3-7)8-5/h4H,3,7H2,1-2H3. The van der Waals surface area contributed by atoms with Gasteiger partial charge < -0.3 is 10.3 Å². The predicted molar refractivity (Wildman–Crippen MR) is 35.8 cm³/mol. The van der Waals surface area contributed by atoms with Gasteiger partial charge in [-0.2, -0.15) is 0 Å². The van der Waals surface area contributed by atoms with Gasteiger partial charge in [-0.1, -0.05) is 0 Å². The smallest absolute Gasteiger partial charge is 0.122 e. The molecule has 1 aromatic heterocycles. The topological polar surface area (TPSA) is 43.8 Å². The fourth-order valence-corrected chi connectivity index (χ4v) is 0.856. The SMILES string of the molecule is Cc1cn(C)c(CN)n1. The number of hydrogen-bond donors (Lipinski definition) is 1. The van der Waals surface area contributed by atoms with E-state index in [2.05, 4.69) is 4.98 Å². The molecule has 0 atom stereocenters. The minimum absolute atomic E-state index is 0.518. The molecule has 0 saturated heterocycles. The van der Waals surface area contributed by atoms with E-state index in [1.165, 1.54) is 0 Å². The van der Waals surface area contributed by atoms with Crippen LogP contribution < -0.4 is 5.73 Å². The molecule has 9 heavy (non-hydrogen) atoms. The summed E-state index contributed by atoms with van der Waals surface area (Å²) >= 11 is 0. The third kappa shape index (κ3) is 1.10. The molecule has 0 fully saturated rings. The first-order valence-corrected chi connectivity index (χ1v) is 2.93. The molecule has 1 aromatic rings. The predicted octanol–water partition coefficient (Wildman–Crippen LogP) is 0.187. The Morgan fingerprint density at radius 3 is 2.67 bits per heavy atom. The summed E-state index contributed by atoms with van der Waals surface area (Å²) in [6.07, 6.45) is 1.96. The van der Waals surface area contributed by atoms with Gasteiger partial charge in [0.15, 0.2) is 0 Å². The van der Waals surface area contributed by atoms with Crippen molar-refractivity contribution in [2.75, 3.05) is 0 Å². The molecule has 0 aromatic carbocycles. The second kappa shape index (κ2) is 2.19. The van der Waals surface area contributed by atoms with Crippen LogP contribution in [0.1, 0.15) is 11.5 Å². The molecule has 0 unspecified atom stereocenters. The number of rotatable bonds is 1. The maximum atomic E-state index is 5.38. The Morgan fingerprint density at radius 1 is 1.78 bits per heavy atom. The number of nitrogens with zero attached hydrogens (tertiary/aromatic N) is 2. The minimum atomic E-state index is 0.518. The Hall–Kier alpha value is -0.830. The van der Waals surface area contributed by atoms with Gasteiger partial charge in [0.05, 0.1) is 12.2 Å². The highest BCUT2D eigenvalue weighted by Gasteiger charge is 1.96. The molecule has 1 heterocycles. The molecule has 2 N–H and O–H groups in total. The normalized spacial score (nSPS) is 10.1. The van der Waals surface area contributed by atoms with Gasteiger partial charge in [-0.05, 0) is 6.92 Å². The van der Waals surface area contributed by atoms with Crippen molar-refractivity contribution in [1.29, 1.82) is 0 Å². The molecule has 0 saturated carbocycles. The molecular formula is C6H11N3. The van der Waals surface area contributed by atoms with Crippen molar-refractivity contribution in [3.63, 3.8) is 0 Å². The van der Waals surface area contributed by atoms with E-state index in [0.29, 0.717) is 6.54 Å². The molecule has 0 bridgehead atoms. The van der Waals surface area contributed by atoms with Gasteiger partial charge in [-0.25, -0.2) is 4.98 Å². The molecule has 3 heteroatoms. The number of hydrogen-bond acceptors (Lipinski definition) is 2. The summed E-state index contributed by atoms with van der Waals surface area (Å²) < 4.78 is 1.94. The lowest BCUT2D eigenvalue weighted by molar-refractivity contribution is 0.793. The number of nitrogens with two attached hydrogens (primary N) is 1. The molecule has 50 valence electrons. The maximum absolute atomic E-state index is 5.38. The first kappa shape index (κ1) is 6.29. The van der Waals surface area contributed by atoms with E-state index in [-0.39, 0.29) is 0 Å². The van der Waals surface area contributed by atoms with Gasteiger partial charge in [0.1, 0.15) is 5.82 Å². The average Bonchev–Trinajstić information content (AvgIpc) is 2.10. The molecule has 0 aliphatic heterocycles. The summed E-state index contributed by atoms with van der Waals surface area (Å²) in [5.41, 5.74) is 6.41. The molecular weight excluding hydrogens is 114 g/mol. The Morgan fingerprint density at radius 2 is 2.44 bits per heavy atom. The fraction of sp³-hybridized carbons (Fsp3) is 0.500. The van der Waals surface area contributed by atoms with Crippen LogP contribution >= 0.6 is 0 Å². The van der Waals surface area contributed by atoms with Gasteiger partial charge >= 0.3 is 0 Å². The largest absolute Gasteiger partial charge is 0.337 e. The molecule has 0 aliphatic rings. The van der Waals surface area contributed by atoms with Crippen LogP contribution in [-0.4, -0.2) is 9.55 Å². The van der Waals surface area contributed by atoms with Crippen LogP contribution in [-0.2, 0) is 13.6 Å². The second-order valence-electron chi connectivity index (χ2n) is 2.11. The van der Waals surface area contributed by atoms with Gasteiger partial charge in [-0.15, -0.1) is 0 Å². The highest BCUT2D eigenvalue weighted by Crippen LogP contribution is 1.96. The monoisotopic (exact) mass is 125 g/mol. The van der Waals surface area contributed by atoms with E-state index in [0.717, 1.165) is 11.5 Å². The van der Waals surface area contributed by atoms with Crippen molar-refractivity contribution in [1.82, 2.24) is 9.55 Å². The first-order valence-electron chi connectivity index (χ1n) is 2.93. The van der Waals surface area contributed by atoms with Gasteiger partial charge in [0.25, 0.3) is 0 Å². The Labute approximate surface area is 54.5 Å². The summed E-state index contributed by atoms with van der Waals surface area (Å²) in [6, 6.07) is 0. The van der Waals surface area contributed by atoms with Crippen LogP contribution in [0.15, 0.2) is 6.20 Å². The van der Waals surface area contributed by atoms with E-state index < -0.39 is 0 Å². The van der Waals surface area contributed by atoms with Crippen molar-refractivity contribution in [2.24, 2.45) is 12.8 Å². The number of aryl methyl sites for hydroxylation is 2. The van der Waals surface area contributed by atoms with Crippen molar-refractivity contribution in [3.8, 4) is 0 Å². The summed E-state index contributed by atoms with van der Waals surface area (Å²) in [5.74, 6) is 0.938. The zero-order chi connectivity index (χ0) is 6.85. The lowest BCUT2D eigenvalue weighted by Crippen LogP contribution is -2.03. The van der Waals surface area contributed by atoms with Crippen LogP contribution in [0.3, 0.4) is 0 Å². The lowest BCUT2D eigenvalue weighted by Gasteiger charge is -1.92. The van der Waals surface area contributed by atoms with Gasteiger partial charge in [-0.3, -0.25) is 0 Å². The lowest BCUT2D eigenvalue weighted by atomic mass is 10.6. The zero-order valence-electron chi connectivity index (χ0n) is 5.76. The zero-order valence-corrected chi connectivity index (χ0v) is 5.76. The fourth-order valence-electron chi connectivity index (χ4n) is 0.856. The van der Waals surface area contributed by atoms with Gasteiger partial charge in [0.2, 0.25) is 0 Å². The van der Waals surface area contributed by atoms with E-state index in [1.54, 1.807) is 0 Å². The second-order valence-corrected chi connectivity index (χ2v) is 2.11. The molecule has 0 radical (unpaired) electrons. The Bertz CT molecular complexity index is 202. The quantitative estimate of drug-likeness (QED) is 0.582. The third-order valence-electron chi connectivity index (χ3n) is 1.28. The average molecular weight is 125 g/mol. The number of aromatic nitrogens is 2.